The minimum Gasteiger partial charge on any atom is -0.378 e. The van der Waals surface area contributed by atoms with Gasteiger partial charge in [-0.05, 0) is 49.2 Å². The first-order chi connectivity index (χ1) is 14.6. The van der Waals surface area contributed by atoms with Gasteiger partial charge in [0.2, 0.25) is 15.9 Å². The van der Waals surface area contributed by atoms with E-state index >= 15 is 0 Å². The van der Waals surface area contributed by atoms with Crippen LogP contribution in [0.1, 0.15) is 19.3 Å². The fourth-order valence-corrected chi connectivity index (χ4v) is 5.66. The minimum atomic E-state index is -3.72. The van der Waals surface area contributed by atoms with Crippen molar-refractivity contribution in [2.45, 2.75) is 30.2 Å². The van der Waals surface area contributed by atoms with Gasteiger partial charge >= 0.3 is 0 Å². The van der Waals surface area contributed by atoms with Gasteiger partial charge in [0, 0.05) is 31.0 Å². The van der Waals surface area contributed by atoms with Crippen molar-refractivity contribution in [3.05, 3.63) is 54.6 Å². The number of amides is 1. The molecule has 2 fully saturated rings. The Morgan fingerprint density at radius 3 is 2.33 bits per heavy atom. The second-order valence-corrected chi connectivity index (χ2v) is 9.47. The summed E-state index contributed by atoms with van der Waals surface area (Å²) >= 11 is 0. The maximum Gasteiger partial charge on any atom is 0.243 e. The standard InChI is InChI=1S/C22H27N3O4S/c26-22(23-18-9-11-19(12-10-18)24-14-16-29-17-15-24)21-8-4-5-13-25(21)30(27,28)20-6-2-1-3-7-20/h1-3,6-7,9-12,21H,4-5,8,13-17H2,(H,23,26)/t21-/m0/s1. The third kappa shape index (κ3) is 4.50. The summed E-state index contributed by atoms with van der Waals surface area (Å²) < 4.78 is 32.9. The van der Waals surface area contributed by atoms with E-state index < -0.39 is 16.1 Å². The van der Waals surface area contributed by atoms with Gasteiger partial charge in [0.15, 0.2) is 0 Å². The molecule has 1 amide bonds. The molecule has 8 heteroatoms. The molecule has 2 aromatic rings. The van der Waals surface area contributed by atoms with E-state index in [4.69, 9.17) is 4.74 Å². The second-order valence-electron chi connectivity index (χ2n) is 7.58. The van der Waals surface area contributed by atoms with Crippen LogP contribution in [-0.2, 0) is 19.6 Å². The second kappa shape index (κ2) is 9.16. The predicted molar refractivity (Wildman–Crippen MR) is 116 cm³/mol. The van der Waals surface area contributed by atoms with Crippen LogP contribution < -0.4 is 10.2 Å². The maximum absolute atomic E-state index is 13.1. The first kappa shape index (κ1) is 20.8. The van der Waals surface area contributed by atoms with Crippen LogP contribution in [0.15, 0.2) is 59.5 Å². The largest absolute Gasteiger partial charge is 0.378 e. The van der Waals surface area contributed by atoms with Crippen LogP contribution in [0.5, 0.6) is 0 Å². The molecule has 0 saturated carbocycles. The summed E-state index contributed by atoms with van der Waals surface area (Å²) in [5.41, 5.74) is 1.75. The average Bonchev–Trinajstić information content (AvgIpc) is 2.81. The van der Waals surface area contributed by atoms with Gasteiger partial charge in [-0.15, -0.1) is 0 Å². The lowest BCUT2D eigenvalue weighted by atomic mass is 10.0. The molecule has 2 aliphatic rings. The van der Waals surface area contributed by atoms with Gasteiger partial charge in [0.1, 0.15) is 6.04 Å². The van der Waals surface area contributed by atoms with Crippen molar-refractivity contribution in [2.24, 2.45) is 0 Å². The first-order valence-electron chi connectivity index (χ1n) is 10.4. The third-order valence-corrected chi connectivity index (χ3v) is 7.54. The Hall–Kier alpha value is -2.42. The molecule has 2 saturated heterocycles. The van der Waals surface area contributed by atoms with Crippen molar-refractivity contribution < 1.29 is 17.9 Å². The minimum absolute atomic E-state index is 0.222. The number of rotatable bonds is 5. The van der Waals surface area contributed by atoms with Crippen LogP contribution in [0.2, 0.25) is 0 Å². The summed E-state index contributed by atoms with van der Waals surface area (Å²) in [5.74, 6) is -0.284. The van der Waals surface area contributed by atoms with E-state index in [9.17, 15) is 13.2 Å². The molecule has 7 nitrogen and oxygen atoms in total. The SMILES string of the molecule is O=C(Nc1ccc(N2CCOCC2)cc1)[C@@H]1CCCCN1S(=O)(=O)c1ccccc1. The fourth-order valence-electron chi connectivity index (χ4n) is 3.99. The zero-order chi connectivity index (χ0) is 21.0. The van der Waals surface area contributed by atoms with E-state index in [1.54, 1.807) is 30.3 Å². The number of piperidine rings is 1. The number of anilines is 2. The molecule has 0 radical (unpaired) electrons. The summed E-state index contributed by atoms with van der Waals surface area (Å²) in [6.07, 6.45) is 2.10. The summed E-state index contributed by atoms with van der Waals surface area (Å²) in [4.78, 5) is 15.5. The molecule has 0 bridgehead atoms. The third-order valence-electron chi connectivity index (χ3n) is 5.62. The van der Waals surface area contributed by atoms with Crippen molar-refractivity contribution >= 4 is 27.3 Å². The number of carbonyl (C=O) groups excluding carboxylic acids is 1. The molecule has 1 N–H and O–H groups in total. The Balaban J connectivity index is 1.47. The molecule has 160 valence electrons. The monoisotopic (exact) mass is 429 g/mol. The van der Waals surface area contributed by atoms with Gasteiger partial charge in [0.25, 0.3) is 0 Å². The highest BCUT2D eigenvalue weighted by atomic mass is 32.2. The number of hydrogen-bond donors (Lipinski definition) is 1. The highest BCUT2D eigenvalue weighted by Crippen LogP contribution is 2.27. The highest BCUT2D eigenvalue weighted by molar-refractivity contribution is 7.89. The molecule has 0 unspecified atom stereocenters. The average molecular weight is 430 g/mol. The van der Waals surface area contributed by atoms with Crippen molar-refractivity contribution in [1.82, 2.24) is 4.31 Å². The number of morpholine rings is 1. The Morgan fingerprint density at radius 2 is 1.63 bits per heavy atom. The van der Waals surface area contributed by atoms with Crippen molar-refractivity contribution in [3.63, 3.8) is 0 Å². The van der Waals surface area contributed by atoms with E-state index in [-0.39, 0.29) is 10.8 Å². The number of benzene rings is 2. The van der Waals surface area contributed by atoms with E-state index in [0.717, 1.165) is 31.6 Å². The molecule has 30 heavy (non-hydrogen) atoms. The molecule has 0 aromatic heterocycles. The van der Waals surface area contributed by atoms with E-state index in [2.05, 4.69) is 10.2 Å². The van der Waals surface area contributed by atoms with Gasteiger partial charge < -0.3 is 15.0 Å². The van der Waals surface area contributed by atoms with E-state index in [0.29, 0.717) is 31.9 Å². The molecule has 0 spiro atoms. The quantitative estimate of drug-likeness (QED) is 0.791. The van der Waals surface area contributed by atoms with Crippen molar-refractivity contribution in [2.75, 3.05) is 43.1 Å². The van der Waals surface area contributed by atoms with Crippen molar-refractivity contribution in [1.29, 1.82) is 0 Å². The summed E-state index contributed by atoms with van der Waals surface area (Å²) in [6, 6.07) is 15.3. The van der Waals surface area contributed by atoms with Crippen LogP contribution in [0.25, 0.3) is 0 Å². The number of nitrogens with zero attached hydrogens (tertiary/aromatic N) is 2. The van der Waals surface area contributed by atoms with Gasteiger partial charge in [0.05, 0.1) is 18.1 Å². The predicted octanol–water partition coefficient (Wildman–Crippen LogP) is 2.71. The Kier molecular flexibility index (Phi) is 6.36. The molecule has 2 heterocycles. The lowest BCUT2D eigenvalue weighted by Crippen LogP contribution is -2.49. The van der Waals surface area contributed by atoms with Crippen molar-refractivity contribution in [3.8, 4) is 0 Å². The number of carbonyl (C=O) groups is 1. The lowest BCUT2D eigenvalue weighted by molar-refractivity contribution is -0.120. The fraction of sp³-hybridized carbons (Fsp3) is 0.409. The Morgan fingerprint density at radius 1 is 0.933 bits per heavy atom. The van der Waals surface area contributed by atoms with Gasteiger partial charge in [-0.2, -0.15) is 4.31 Å². The topological polar surface area (TPSA) is 79.0 Å². The lowest BCUT2D eigenvalue weighted by Gasteiger charge is -2.33. The van der Waals surface area contributed by atoms with Gasteiger partial charge in [-0.1, -0.05) is 24.6 Å². The van der Waals surface area contributed by atoms with E-state index in [1.165, 1.54) is 4.31 Å². The summed E-state index contributed by atoms with van der Waals surface area (Å²) in [6.45, 7) is 3.48. The number of ether oxygens (including phenoxy) is 1. The molecule has 4 rings (SSSR count). The summed E-state index contributed by atoms with van der Waals surface area (Å²) in [5, 5.41) is 2.91. The van der Waals surface area contributed by atoms with Crippen LogP contribution in [0.4, 0.5) is 11.4 Å². The molecular formula is C22H27N3O4S. The molecule has 1 atom stereocenters. The Labute approximate surface area is 177 Å². The van der Waals surface area contributed by atoms with Crippen LogP contribution in [0.3, 0.4) is 0 Å². The zero-order valence-electron chi connectivity index (χ0n) is 16.9. The number of nitrogens with one attached hydrogen (secondary N) is 1. The van der Waals surface area contributed by atoms with Gasteiger partial charge in [-0.25, -0.2) is 8.42 Å². The van der Waals surface area contributed by atoms with Crippen LogP contribution in [-0.4, -0.2) is 57.5 Å². The molecule has 2 aromatic carbocycles. The smallest absolute Gasteiger partial charge is 0.243 e. The normalized spacial score (nSPS) is 20.7. The number of sulfonamides is 1. The van der Waals surface area contributed by atoms with E-state index in [1.807, 2.05) is 24.3 Å². The molecule has 0 aliphatic carbocycles. The van der Waals surface area contributed by atoms with Crippen LogP contribution >= 0.6 is 0 Å². The maximum atomic E-state index is 13.1. The first-order valence-corrected chi connectivity index (χ1v) is 11.8. The Bertz CT molecular complexity index is 958. The summed E-state index contributed by atoms with van der Waals surface area (Å²) in [7, 11) is -3.72. The molecule has 2 aliphatic heterocycles. The molecular weight excluding hydrogens is 402 g/mol. The number of hydrogen-bond acceptors (Lipinski definition) is 5. The van der Waals surface area contributed by atoms with Crippen LogP contribution in [0, 0.1) is 0 Å². The van der Waals surface area contributed by atoms with Gasteiger partial charge in [-0.3, -0.25) is 4.79 Å². The zero-order valence-corrected chi connectivity index (χ0v) is 17.7. The highest BCUT2D eigenvalue weighted by Gasteiger charge is 2.37.